The Labute approximate surface area is 161 Å². The van der Waals surface area contributed by atoms with Crippen LogP contribution < -0.4 is 5.32 Å². The van der Waals surface area contributed by atoms with E-state index in [0.717, 1.165) is 43.9 Å². The molecule has 0 spiro atoms. The van der Waals surface area contributed by atoms with Crippen molar-refractivity contribution in [1.29, 1.82) is 0 Å². The lowest BCUT2D eigenvalue weighted by Crippen LogP contribution is -2.11. The molecule has 1 aromatic carbocycles. The third-order valence-electron chi connectivity index (χ3n) is 5.31. The number of nitrogens with one attached hydrogen (secondary N) is 1. The molecule has 1 aliphatic rings. The van der Waals surface area contributed by atoms with Crippen LogP contribution in [0.2, 0.25) is 0 Å². The topological polar surface area (TPSA) is 59.8 Å². The van der Waals surface area contributed by atoms with Gasteiger partial charge in [0.15, 0.2) is 0 Å². The van der Waals surface area contributed by atoms with E-state index < -0.39 is 0 Å². The van der Waals surface area contributed by atoms with E-state index in [4.69, 9.17) is 4.98 Å². The summed E-state index contributed by atoms with van der Waals surface area (Å²) in [5.74, 6) is 1.35. The summed E-state index contributed by atoms with van der Waals surface area (Å²) in [4.78, 5) is 24.1. The van der Waals surface area contributed by atoms with Gasteiger partial charge in [-0.15, -0.1) is 11.3 Å². The number of nitrogens with zero attached hydrogens (tertiary/aromatic N) is 3. The van der Waals surface area contributed by atoms with E-state index in [1.807, 2.05) is 55.9 Å². The minimum Gasteiger partial charge on any atom is -0.350 e. The van der Waals surface area contributed by atoms with Crippen LogP contribution in [0.1, 0.15) is 45.5 Å². The average Bonchev–Trinajstić information content (AvgIpc) is 3.35. The zero-order chi connectivity index (χ0) is 18.7. The predicted octanol–water partition coefficient (Wildman–Crippen LogP) is 4.93. The van der Waals surface area contributed by atoms with Crippen LogP contribution in [0.3, 0.4) is 0 Å². The minimum atomic E-state index is -0.0841. The monoisotopic (exact) mass is 376 g/mol. The van der Waals surface area contributed by atoms with Gasteiger partial charge in [-0.05, 0) is 50.5 Å². The second-order valence-electron chi connectivity index (χ2n) is 7.30. The Kier molecular flexibility index (Phi) is 3.59. The predicted molar refractivity (Wildman–Crippen MR) is 110 cm³/mol. The van der Waals surface area contributed by atoms with Crippen molar-refractivity contribution in [2.75, 3.05) is 5.32 Å². The van der Waals surface area contributed by atoms with Crippen LogP contribution in [0.15, 0.2) is 30.5 Å². The highest BCUT2D eigenvalue weighted by Crippen LogP contribution is 2.40. The normalized spacial score (nSPS) is 14.2. The summed E-state index contributed by atoms with van der Waals surface area (Å²) in [6.45, 7) is 4.01. The van der Waals surface area contributed by atoms with Crippen LogP contribution in [0, 0.1) is 13.8 Å². The van der Waals surface area contributed by atoms with E-state index in [1.165, 1.54) is 24.2 Å². The lowest BCUT2D eigenvalue weighted by molar-refractivity contribution is 0.103. The molecular formula is C21H20N4OS. The van der Waals surface area contributed by atoms with Gasteiger partial charge in [-0.25, -0.2) is 9.97 Å². The molecule has 136 valence electrons. The van der Waals surface area contributed by atoms with E-state index >= 15 is 0 Å². The summed E-state index contributed by atoms with van der Waals surface area (Å²) in [5, 5.41) is 5.16. The fraction of sp³-hybridized carbons (Fsp3) is 0.286. The summed E-state index contributed by atoms with van der Waals surface area (Å²) < 4.78 is 2.05. The van der Waals surface area contributed by atoms with Crippen LogP contribution in [0.5, 0.6) is 0 Å². The van der Waals surface area contributed by atoms with Crippen molar-refractivity contribution in [3.63, 3.8) is 0 Å². The number of hydrogen-bond acceptors (Lipinski definition) is 4. The standard InChI is InChI=1S/C21H20N4OS/c1-11-17-12(2)22-19(13-7-8-13)24-21(17)27-18(11)20(26)23-15-5-4-6-16-14(15)9-10-25(16)3/h4-6,9-10,13H,7-8H2,1-3H3,(H,23,26). The molecule has 0 atom stereocenters. The Hall–Kier alpha value is -2.73. The molecule has 0 aliphatic heterocycles. The molecule has 3 aromatic heterocycles. The van der Waals surface area contributed by atoms with Crippen molar-refractivity contribution in [2.45, 2.75) is 32.6 Å². The number of rotatable bonds is 3. The number of thiophene rings is 1. The lowest BCUT2D eigenvalue weighted by Gasteiger charge is -2.07. The molecule has 1 aliphatic carbocycles. The molecule has 5 rings (SSSR count). The number of aryl methyl sites for hydroxylation is 3. The SMILES string of the molecule is Cc1nc(C2CC2)nc2sc(C(=O)Nc3cccc4c3ccn4C)c(C)c12. The Morgan fingerprint density at radius 1 is 1.22 bits per heavy atom. The third kappa shape index (κ3) is 2.63. The molecule has 27 heavy (non-hydrogen) atoms. The maximum atomic E-state index is 13.0. The zero-order valence-electron chi connectivity index (χ0n) is 15.5. The highest BCUT2D eigenvalue weighted by molar-refractivity contribution is 7.20. The average molecular weight is 376 g/mol. The molecule has 1 amide bonds. The summed E-state index contributed by atoms with van der Waals surface area (Å²) >= 11 is 1.47. The van der Waals surface area contributed by atoms with Crippen molar-refractivity contribution < 1.29 is 4.79 Å². The van der Waals surface area contributed by atoms with Gasteiger partial charge in [0.1, 0.15) is 10.7 Å². The zero-order valence-corrected chi connectivity index (χ0v) is 16.4. The first-order valence-electron chi connectivity index (χ1n) is 9.16. The molecule has 4 aromatic rings. The maximum Gasteiger partial charge on any atom is 0.266 e. The van der Waals surface area contributed by atoms with Crippen molar-refractivity contribution in [1.82, 2.24) is 14.5 Å². The fourth-order valence-electron chi connectivity index (χ4n) is 3.69. The highest BCUT2D eigenvalue weighted by Gasteiger charge is 2.28. The number of amides is 1. The Morgan fingerprint density at radius 3 is 2.81 bits per heavy atom. The first-order valence-corrected chi connectivity index (χ1v) is 9.97. The highest BCUT2D eigenvalue weighted by atomic mass is 32.1. The summed E-state index contributed by atoms with van der Waals surface area (Å²) in [6.07, 6.45) is 4.34. The number of hydrogen-bond donors (Lipinski definition) is 1. The smallest absolute Gasteiger partial charge is 0.266 e. The number of carbonyl (C=O) groups excluding carboxylic acids is 1. The molecule has 5 nitrogen and oxygen atoms in total. The summed E-state index contributed by atoms with van der Waals surface area (Å²) in [7, 11) is 2.00. The van der Waals surface area contributed by atoms with Crippen molar-refractivity contribution in [3.8, 4) is 0 Å². The number of fused-ring (bicyclic) bond motifs is 2. The van der Waals surface area contributed by atoms with Crippen LogP contribution >= 0.6 is 11.3 Å². The van der Waals surface area contributed by atoms with Crippen LogP contribution in [-0.4, -0.2) is 20.4 Å². The van der Waals surface area contributed by atoms with Crippen molar-refractivity contribution >= 4 is 44.1 Å². The number of anilines is 1. The second-order valence-corrected chi connectivity index (χ2v) is 8.30. The molecule has 6 heteroatoms. The van der Waals surface area contributed by atoms with E-state index in [1.54, 1.807) is 0 Å². The number of aromatic nitrogens is 3. The number of carbonyl (C=O) groups is 1. The quantitative estimate of drug-likeness (QED) is 0.551. The van der Waals surface area contributed by atoms with Gasteiger partial charge in [0.05, 0.1) is 16.3 Å². The van der Waals surface area contributed by atoms with Crippen molar-refractivity contribution in [3.05, 3.63) is 52.4 Å². The molecular weight excluding hydrogens is 356 g/mol. The summed E-state index contributed by atoms with van der Waals surface area (Å²) in [6, 6.07) is 7.99. The van der Waals surface area contributed by atoms with E-state index in [0.29, 0.717) is 10.8 Å². The minimum absolute atomic E-state index is 0.0841. The first kappa shape index (κ1) is 16.4. The number of benzene rings is 1. The second kappa shape index (κ2) is 5.89. The van der Waals surface area contributed by atoms with E-state index in [2.05, 4.69) is 10.3 Å². The lowest BCUT2D eigenvalue weighted by atomic mass is 10.1. The van der Waals surface area contributed by atoms with Gasteiger partial charge in [0.2, 0.25) is 0 Å². The Bertz CT molecular complexity index is 1220. The fourth-order valence-corrected chi connectivity index (χ4v) is 4.83. The van der Waals surface area contributed by atoms with Crippen LogP contribution in [-0.2, 0) is 7.05 Å². The van der Waals surface area contributed by atoms with Gasteiger partial charge in [-0.1, -0.05) is 6.07 Å². The van der Waals surface area contributed by atoms with Crippen LogP contribution in [0.25, 0.3) is 21.1 Å². The Morgan fingerprint density at radius 2 is 2.04 bits per heavy atom. The molecule has 0 bridgehead atoms. The molecule has 0 unspecified atom stereocenters. The molecule has 0 radical (unpaired) electrons. The van der Waals surface area contributed by atoms with Gasteiger partial charge < -0.3 is 9.88 Å². The van der Waals surface area contributed by atoms with Gasteiger partial charge in [0.25, 0.3) is 5.91 Å². The van der Waals surface area contributed by atoms with Gasteiger partial charge in [-0.2, -0.15) is 0 Å². The van der Waals surface area contributed by atoms with Crippen molar-refractivity contribution in [2.24, 2.45) is 7.05 Å². The van der Waals surface area contributed by atoms with Gasteiger partial charge in [0, 0.05) is 35.5 Å². The van der Waals surface area contributed by atoms with E-state index in [-0.39, 0.29) is 5.91 Å². The van der Waals surface area contributed by atoms with Gasteiger partial charge >= 0.3 is 0 Å². The summed E-state index contributed by atoms with van der Waals surface area (Å²) in [5.41, 5.74) is 3.86. The van der Waals surface area contributed by atoms with Gasteiger partial charge in [-0.3, -0.25) is 4.79 Å². The molecule has 1 fully saturated rings. The maximum absolute atomic E-state index is 13.0. The molecule has 3 heterocycles. The largest absolute Gasteiger partial charge is 0.350 e. The molecule has 1 N–H and O–H groups in total. The molecule has 1 saturated carbocycles. The molecule has 0 saturated heterocycles. The van der Waals surface area contributed by atoms with Crippen LogP contribution in [0.4, 0.5) is 5.69 Å². The first-order chi connectivity index (χ1) is 13.0. The third-order valence-corrected chi connectivity index (χ3v) is 6.50. The van der Waals surface area contributed by atoms with E-state index in [9.17, 15) is 4.79 Å². The Balaban J connectivity index is 1.55.